The van der Waals surface area contributed by atoms with Crippen molar-refractivity contribution in [1.29, 1.82) is 0 Å². The van der Waals surface area contributed by atoms with Crippen LogP contribution in [-0.4, -0.2) is 44.5 Å². The number of nitrogens with zero attached hydrogens (tertiary/aromatic N) is 3. The number of halogens is 1. The molecule has 0 unspecified atom stereocenters. The first-order chi connectivity index (χ1) is 19.6. The van der Waals surface area contributed by atoms with Gasteiger partial charge in [0.15, 0.2) is 0 Å². The van der Waals surface area contributed by atoms with Gasteiger partial charge in [0, 0.05) is 32.6 Å². The Kier molecular flexibility index (Phi) is 9.80. The predicted molar refractivity (Wildman–Crippen MR) is 166 cm³/mol. The Morgan fingerprint density at radius 3 is 2.32 bits per heavy atom. The van der Waals surface area contributed by atoms with Crippen molar-refractivity contribution in [2.24, 2.45) is 5.10 Å². The molecule has 0 aliphatic heterocycles. The third-order valence-electron chi connectivity index (χ3n) is 6.32. The summed E-state index contributed by atoms with van der Waals surface area (Å²) < 4.78 is 36.0. The number of aryl methyl sites for hydroxylation is 1. The molecule has 1 aromatic heterocycles. The summed E-state index contributed by atoms with van der Waals surface area (Å²) in [6.45, 7) is 5.80. The predicted octanol–water partition coefficient (Wildman–Crippen LogP) is 6.21. The van der Waals surface area contributed by atoms with E-state index in [1.54, 1.807) is 42.6 Å². The van der Waals surface area contributed by atoms with Crippen LogP contribution in [0.1, 0.15) is 23.9 Å². The minimum absolute atomic E-state index is 0.0788. The van der Waals surface area contributed by atoms with E-state index < -0.39 is 22.5 Å². The number of nitrogens with one attached hydrogen (secondary N) is 1. The highest BCUT2D eigenvalue weighted by Gasteiger charge is 2.27. The molecule has 41 heavy (non-hydrogen) atoms. The molecule has 0 aliphatic rings. The smallest absolute Gasteiger partial charge is 0.264 e. The molecule has 1 heterocycles. The number of amides is 1. The molecule has 4 aromatic rings. The zero-order chi connectivity index (χ0) is 29.6. The zero-order valence-electron chi connectivity index (χ0n) is 23.2. The van der Waals surface area contributed by atoms with Crippen LogP contribution in [0.3, 0.4) is 0 Å². The van der Waals surface area contributed by atoms with Crippen LogP contribution in [0.25, 0.3) is 5.69 Å². The van der Waals surface area contributed by atoms with Crippen LogP contribution >= 0.6 is 23.4 Å². The van der Waals surface area contributed by atoms with Crippen LogP contribution < -0.4 is 14.5 Å². The fraction of sp³-hybridized carbons (Fsp3) is 0.200. The molecule has 0 radical (unpaired) electrons. The van der Waals surface area contributed by atoms with Gasteiger partial charge in [0.05, 0.1) is 23.4 Å². The van der Waals surface area contributed by atoms with Gasteiger partial charge in [-0.25, -0.2) is 13.8 Å². The molecule has 0 fully saturated rings. The summed E-state index contributed by atoms with van der Waals surface area (Å²) in [6, 6.07) is 22.6. The van der Waals surface area contributed by atoms with E-state index in [1.807, 2.05) is 57.4 Å². The average molecular weight is 611 g/mol. The zero-order valence-corrected chi connectivity index (χ0v) is 25.6. The van der Waals surface area contributed by atoms with Gasteiger partial charge < -0.3 is 9.30 Å². The molecule has 214 valence electrons. The van der Waals surface area contributed by atoms with Gasteiger partial charge in [0.25, 0.3) is 15.9 Å². The van der Waals surface area contributed by atoms with Crippen molar-refractivity contribution in [2.45, 2.75) is 30.6 Å². The topological polar surface area (TPSA) is 93.0 Å². The molecule has 0 spiro atoms. The minimum Gasteiger partial charge on any atom is -0.494 e. The molecule has 0 bridgehead atoms. The number of carbonyl (C=O) groups excluding carboxylic acids is 1. The SMILES string of the molecule is CCOc1ccc(N(CC(=O)N/N=C\c2cc(C)n(-c3ccc(Cl)cc3)c2C)S(=O)(=O)c2ccc(SC)cc2)cc1. The Morgan fingerprint density at radius 1 is 1.05 bits per heavy atom. The van der Waals surface area contributed by atoms with E-state index in [1.165, 1.54) is 23.9 Å². The molecular weight excluding hydrogens is 580 g/mol. The third-order valence-corrected chi connectivity index (χ3v) is 9.10. The van der Waals surface area contributed by atoms with Gasteiger partial charge in [-0.15, -0.1) is 11.8 Å². The number of hydrazone groups is 1. The molecule has 11 heteroatoms. The van der Waals surface area contributed by atoms with Gasteiger partial charge in [-0.2, -0.15) is 5.10 Å². The second kappa shape index (κ2) is 13.3. The molecule has 3 aromatic carbocycles. The lowest BCUT2D eigenvalue weighted by atomic mass is 10.2. The Hall–Kier alpha value is -3.73. The fourth-order valence-electron chi connectivity index (χ4n) is 4.31. The molecule has 0 saturated carbocycles. The van der Waals surface area contributed by atoms with Crippen LogP contribution in [0.2, 0.25) is 5.02 Å². The molecule has 0 atom stereocenters. The first kappa shape index (κ1) is 30.2. The van der Waals surface area contributed by atoms with Gasteiger partial charge in [0.2, 0.25) is 0 Å². The first-order valence-corrected chi connectivity index (χ1v) is 15.8. The van der Waals surface area contributed by atoms with E-state index in [2.05, 4.69) is 15.1 Å². The summed E-state index contributed by atoms with van der Waals surface area (Å²) in [7, 11) is -4.06. The Labute approximate surface area is 250 Å². The number of carbonyl (C=O) groups is 1. The summed E-state index contributed by atoms with van der Waals surface area (Å²) in [6.07, 6.45) is 3.46. The van der Waals surface area contributed by atoms with Crippen molar-refractivity contribution in [3.05, 3.63) is 101 Å². The number of hydrogen-bond acceptors (Lipinski definition) is 6. The Morgan fingerprint density at radius 2 is 1.71 bits per heavy atom. The lowest BCUT2D eigenvalue weighted by molar-refractivity contribution is -0.119. The molecule has 4 rings (SSSR count). The Balaban J connectivity index is 1.55. The minimum atomic E-state index is -4.06. The molecule has 1 N–H and O–H groups in total. The van der Waals surface area contributed by atoms with Crippen LogP contribution in [0.4, 0.5) is 5.69 Å². The van der Waals surface area contributed by atoms with Gasteiger partial charge in [-0.3, -0.25) is 9.10 Å². The number of benzene rings is 3. The van der Waals surface area contributed by atoms with Gasteiger partial charge in [-0.05, 0) is 106 Å². The maximum Gasteiger partial charge on any atom is 0.264 e. The van der Waals surface area contributed by atoms with E-state index >= 15 is 0 Å². The molecule has 0 saturated heterocycles. The lowest BCUT2D eigenvalue weighted by Gasteiger charge is -2.24. The third kappa shape index (κ3) is 7.13. The van der Waals surface area contributed by atoms with Crippen LogP contribution in [0, 0.1) is 13.8 Å². The highest BCUT2D eigenvalue weighted by molar-refractivity contribution is 7.98. The second-order valence-electron chi connectivity index (χ2n) is 9.05. The largest absolute Gasteiger partial charge is 0.494 e. The van der Waals surface area contributed by atoms with E-state index in [9.17, 15) is 13.2 Å². The monoisotopic (exact) mass is 610 g/mol. The van der Waals surface area contributed by atoms with Crippen molar-refractivity contribution in [1.82, 2.24) is 9.99 Å². The number of aromatic nitrogens is 1. The van der Waals surface area contributed by atoms with E-state index in [-0.39, 0.29) is 4.90 Å². The summed E-state index contributed by atoms with van der Waals surface area (Å²) >= 11 is 7.54. The van der Waals surface area contributed by atoms with Crippen LogP contribution in [-0.2, 0) is 14.8 Å². The van der Waals surface area contributed by atoms with Gasteiger partial charge in [0.1, 0.15) is 12.3 Å². The van der Waals surface area contributed by atoms with Crippen molar-refractivity contribution in [3.8, 4) is 11.4 Å². The van der Waals surface area contributed by atoms with Crippen molar-refractivity contribution in [3.63, 3.8) is 0 Å². The number of anilines is 1. The van der Waals surface area contributed by atoms with Gasteiger partial charge >= 0.3 is 0 Å². The number of ether oxygens (including phenoxy) is 1. The fourth-order valence-corrected chi connectivity index (χ4v) is 6.27. The molecule has 1 amide bonds. The van der Waals surface area contributed by atoms with Crippen molar-refractivity contribution < 1.29 is 17.9 Å². The standard InChI is InChI=1S/C30H31ClN4O4S2/c1-5-39-27-12-10-25(11-13-27)34(41(37,38)29-16-14-28(40-4)15-17-29)20-30(36)33-32-19-23-18-21(2)35(22(23)3)26-8-6-24(31)7-9-26/h6-19H,5,20H2,1-4H3,(H,33,36)/b32-19-. The van der Waals surface area contributed by atoms with Crippen molar-refractivity contribution in [2.75, 3.05) is 23.7 Å². The lowest BCUT2D eigenvalue weighted by Crippen LogP contribution is -2.39. The molecular formula is C30H31ClN4O4S2. The van der Waals surface area contributed by atoms with E-state index in [0.29, 0.717) is 23.1 Å². The van der Waals surface area contributed by atoms with Crippen LogP contribution in [0.5, 0.6) is 5.75 Å². The number of thioether (sulfide) groups is 1. The molecule has 0 aliphatic carbocycles. The van der Waals surface area contributed by atoms with E-state index in [4.69, 9.17) is 16.3 Å². The van der Waals surface area contributed by atoms with Crippen molar-refractivity contribution >= 4 is 51.2 Å². The van der Waals surface area contributed by atoms with Gasteiger partial charge in [-0.1, -0.05) is 11.6 Å². The first-order valence-electron chi connectivity index (χ1n) is 12.8. The number of sulfonamides is 1. The summed E-state index contributed by atoms with van der Waals surface area (Å²) in [4.78, 5) is 14.0. The highest BCUT2D eigenvalue weighted by Crippen LogP contribution is 2.27. The quantitative estimate of drug-likeness (QED) is 0.124. The maximum absolute atomic E-state index is 13.7. The molecule has 8 nitrogen and oxygen atoms in total. The summed E-state index contributed by atoms with van der Waals surface area (Å²) in [5, 5.41) is 4.78. The normalized spacial score (nSPS) is 11.5. The maximum atomic E-state index is 13.7. The Bertz CT molecular complexity index is 1630. The second-order valence-corrected chi connectivity index (χ2v) is 12.2. The van der Waals surface area contributed by atoms with E-state index in [0.717, 1.165) is 31.8 Å². The summed E-state index contributed by atoms with van der Waals surface area (Å²) in [5.74, 6) is 0.00845. The number of hydrogen-bond donors (Lipinski definition) is 1. The average Bonchev–Trinajstić information content (AvgIpc) is 3.25. The van der Waals surface area contributed by atoms with Crippen LogP contribution in [0.15, 0.2) is 93.8 Å². The number of rotatable bonds is 11. The highest BCUT2D eigenvalue weighted by atomic mass is 35.5. The summed E-state index contributed by atoms with van der Waals surface area (Å²) in [5.41, 5.74) is 6.48.